The molecular formula is C17H23N3O. The summed E-state index contributed by atoms with van der Waals surface area (Å²) in [6.45, 7) is 11.3. The van der Waals surface area contributed by atoms with Gasteiger partial charge in [-0.25, -0.2) is 4.98 Å². The second-order valence-corrected chi connectivity index (χ2v) is 6.09. The van der Waals surface area contributed by atoms with Gasteiger partial charge in [0, 0.05) is 18.3 Å². The Bertz CT molecular complexity index is 618. The van der Waals surface area contributed by atoms with E-state index in [-0.39, 0.29) is 5.41 Å². The quantitative estimate of drug-likeness (QED) is 0.909. The second kappa shape index (κ2) is 6.12. The predicted octanol–water partition coefficient (Wildman–Crippen LogP) is 4.31. The normalized spacial score (nSPS) is 11.3. The van der Waals surface area contributed by atoms with E-state index in [1.54, 1.807) is 6.20 Å². The Balaban J connectivity index is 2.27. The van der Waals surface area contributed by atoms with Crippen molar-refractivity contribution in [1.82, 2.24) is 9.97 Å². The molecule has 0 aliphatic carbocycles. The van der Waals surface area contributed by atoms with E-state index in [9.17, 15) is 0 Å². The van der Waals surface area contributed by atoms with E-state index in [2.05, 4.69) is 48.2 Å². The molecule has 1 aromatic heterocycles. The lowest BCUT2D eigenvalue weighted by molar-refractivity contribution is 0.455. The third-order valence-corrected chi connectivity index (χ3v) is 3.17. The highest BCUT2D eigenvalue weighted by atomic mass is 16.5. The number of anilines is 1. The van der Waals surface area contributed by atoms with Crippen LogP contribution < -0.4 is 10.1 Å². The summed E-state index contributed by atoms with van der Waals surface area (Å²) in [5.41, 5.74) is 2.24. The maximum atomic E-state index is 5.94. The third kappa shape index (κ3) is 3.94. The lowest BCUT2D eigenvalue weighted by atomic mass is 9.87. The van der Waals surface area contributed by atoms with Gasteiger partial charge in [-0.1, -0.05) is 32.9 Å². The number of benzene rings is 1. The van der Waals surface area contributed by atoms with Crippen molar-refractivity contribution in [2.75, 3.05) is 11.9 Å². The van der Waals surface area contributed by atoms with Gasteiger partial charge in [-0.3, -0.25) is 0 Å². The fourth-order valence-corrected chi connectivity index (χ4v) is 1.91. The molecule has 1 heterocycles. The van der Waals surface area contributed by atoms with Crippen molar-refractivity contribution in [3.05, 3.63) is 41.6 Å². The van der Waals surface area contributed by atoms with Gasteiger partial charge in [0.2, 0.25) is 11.8 Å². The maximum absolute atomic E-state index is 5.94. The van der Waals surface area contributed by atoms with Crippen molar-refractivity contribution in [2.45, 2.75) is 40.0 Å². The molecule has 4 nitrogen and oxygen atoms in total. The third-order valence-electron chi connectivity index (χ3n) is 3.17. The van der Waals surface area contributed by atoms with E-state index in [0.29, 0.717) is 11.8 Å². The van der Waals surface area contributed by atoms with Crippen LogP contribution in [0.4, 0.5) is 5.95 Å². The zero-order valence-electron chi connectivity index (χ0n) is 13.4. The van der Waals surface area contributed by atoms with E-state index in [0.717, 1.165) is 17.9 Å². The lowest BCUT2D eigenvalue weighted by Gasteiger charge is -2.19. The molecule has 0 aliphatic rings. The monoisotopic (exact) mass is 285 g/mol. The van der Waals surface area contributed by atoms with Crippen LogP contribution in [0.1, 0.15) is 38.8 Å². The minimum Gasteiger partial charge on any atom is -0.439 e. The summed E-state index contributed by atoms with van der Waals surface area (Å²) in [6, 6.07) is 8.14. The molecule has 4 heteroatoms. The van der Waals surface area contributed by atoms with Crippen LogP contribution in [0, 0.1) is 6.92 Å². The summed E-state index contributed by atoms with van der Waals surface area (Å²) in [4.78, 5) is 8.63. The molecule has 0 saturated carbocycles. The fourth-order valence-electron chi connectivity index (χ4n) is 1.91. The lowest BCUT2D eigenvalue weighted by Crippen LogP contribution is -2.10. The highest BCUT2D eigenvalue weighted by Crippen LogP contribution is 2.29. The molecule has 0 atom stereocenters. The van der Waals surface area contributed by atoms with Crippen LogP contribution in [0.2, 0.25) is 0 Å². The van der Waals surface area contributed by atoms with Crippen LogP contribution in [-0.2, 0) is 5.41 Å². The molecule has 0 unspecified atom stereocenters. The molecule has 0 aliphatic heterocycles. The molecule has 0 amide bonds. The molecule has 0 fully saturated rings. The summed E-state index contributed by atoms with van der Waals surface area (Å²) in [5.74, 6) is 1.98. The van der Waals surface area contributed by atoms with Crippen molar-refractivity contribution < 1.29 is 4.74 Å². The van der Waals surface area contributed by atoms with Gasteiger partial charge in [-0.15, -0.1) is 0 Å². The molecule has 2 rings (SSSR count). The second-order valence-electron chi connectivity index (χ2n) is 6.09. The van der Waals surface area contributed by atoms with Gasteiger partial charge in [0.15, 0.2) is 0 Å². The molecular weight excluding hydrogens is 262 g/mol. The highest BCUT2D eigenvalue weighted by Gasteiger charge is 2.14. The van der Waals surface area contributed by atoms with Crippen LogP contribution in [0.15, 0.2) is 30.5 Å². The minimum atomic E-state index is 0.0923. The van der Waals surface area contributed by atoms with Crippen molar-refractivity contribution in [3.63, 3.8) is 0 Å². The van der Waals surface area contributed by atoms with Gasteiger partial charge in [-0.2, -0.15) is 4.98 Å². The molecule has 1 aromatic carbocycles. The zero-order chi connectivity index (χ0) is 15.5. The van der Waals surface area contributed by atoms with Gasteiger partial charge in [0.25, 0.3) is 0 Å². The van der Waals surface area contributed by atoms with Crippen molar-refractivity contribution >= 4 is 5.95 Å². The van der Waals surface area contributed by atoms with E-state index < -0.39 is 0 Å². The Morgan fingerprint density at radius 3 is 2.67 bits per heavy atom. The number of rotatable bonds is 4. The number of nitrogens with one attached hydrogen (secondary N) is 1. The summed E-state index contributed by atoms with van der Waals surface area (Å²) in [6.07, 6.45) is 1.77. The average molecular weight is 285 g/mol. The van der Waals surface area contributed by atoms with Crippen LogP contribution in [0.3, 0.4) is 0 Å². The first-order chi connectivity index (χ1) is 9.90. The Hall–Kier alpha value is -2.10. The summed E-state index contributed by atoms with van der Waals surface area (Å²) in [5, 5.41) is 3.09. The minimum absolute atomic E-state index is 0.0923. The van der Waals surface area contributed by atoms with Crippen LogP contribution in [-0.4, -0.2) is 16.5 Å². The van der Waals surface area contributed by atoms with Gasteiger partial charge in [0.05, 0.1) is 0 Å². The molecule has 0 bridgehead atoms. The molecule has 21 heavy (non-hydrogen) atoms. The number of ether oxygens (including phenoxy) is 1. The first kappa shape index (κ1) is 15.3. The Kier molecular flexibility index (Phi) is 4.46. The summed E-state index contributed by atoms with van der Waals surface area (Å²) >= 11 is 0. The summed E-state index contributed by atoms with van der Waals surface area (Å²) < 4.78 is 5.94. The number of aryl methyl sites for hydroxylation is 1. The number of aromatic nitrogens is 2. The van der Waals surface area contributed by atoms with Crippen LogP contribution in [0.25, 0.3) is 0 Å². The van der Waals surface area contributed by atoms with Crippen molar-refractivity contribution in [3.8, 4) is 11.6 Å². The maximum Gasteiger partial charge on any atom is 0.226 e. The van der Waals surface area contributed by atoms with Crippen LogP contribution >= 0.6 is 0 Å². The molecule has 0 spiro atoms. The zero-order valence-corrected chi connectivity index (χ0v) is 13.4. The van der Waals surface area contributed by atoms with Gasteiger partial charge >= 0.3 is 0 Å². The molecule has 2 aromatic rings. The summed E-state index contributed by atoms with van der Waals surface area (Å²) in [7, 11) is 0. The smallest absolute Gasteiger partial charge is 0.226 e. The Labute approximate surface area is 126 Å². The van der Waals surface area contributed by atoms with Gasteiger partial charge in [0.1, 0.15) is 5.75 Å². The Morgan fingerprint density at radius 1 is 1.24 bits per heavy atom. The topological polar surface area (TPSA) is 47.0 Å². The fraction of sp³-hybridized carbons (Fsp3) is 0.412. The first-order valence-corrected chi connectivity index (χ1v) is 7.26. The highest BCUT2D eigenvalue weighted by molar-refractivity contribution is 5.38. The molecule has 0 radical (unpaired) electrons. The number of hydrogen-bond acceptors (Lipinski definition) is 4. The molecule has 0 saturated heterocycles. The first-order valence-electron chi connectivity index (χ1n) is 7.26. The van der Waals surface area contributed by atoms with Crippen molar-refractivity contribution in [1.29, 1.82) is 0 Å². The largest absolute Gasteiger partial charge is 0.439 e. The van der Waals surface area contributed by atoms with Crippen LogP contribution in [0.5, 0.6) is 11.6 Å². The van der Waals surface area contributed by atoms with E-state index in [1.165, 1.54) is 5.56 Å². The van der Waals surface area contributed by atoms with Crippen molar-refractivity contribution in [2.24, 2.45) is 0 Å². The standard InChI is InChI=1S/C17H23N3O/c1-6-18-16-19-11-12(2)15(20-16)21-14-9-7-8-13(10-14)17(3,4)5/h7-11H,6H2,1-5H3,(H,18,19,20). The SMILES string of the molecule is CCNc1ncc(C)c(Oc2cccc(C(C)(C)C)c2)n1. The van der Waals surface area contributed by atoms with Gasteiger partial charge < -0.3 is 10.1 Å². The number of nitrogens with zero attached hydrogens (tertiary/aromatic N) is 2. The Morgan fingerprint density at radius 2 is 2.00 bits per heavy atom. The van der Waals surface area contributed by atoms with Gasteiger partial charge in [-0.05, 0) is 37.0 Å². The molecule has 112 valence electrons. The number of hydrogen-bond donors (Lipinski definition) is 1. The average Bonchev–Trinajstić information content (AvgIpc) is 2.42. The predicted molar refractivity (Wildman–Crippen MR) is 86.1 cm³/mol. The van der Waals surface area contributed by atoms with E-state index >= 15 is 0 Å². The van der Waals surface area contributed by atoms with E-state index in [1.807, 2.05) is 26.0 Å². The molecule has 1 N–H and O–H groups in total. The van der Waals surface area contributed by atoms with E-state index in [4.69, 9.17) is 4.74 Å².